The molecule has 0 spiro atoms. The Kier molecular flexibility index (Phi) is 4.43. The lowest BCUT2D eigenvalue weighted by Gasteiger charge is -2.21. The molecule has 0 saturated heterocycles. The van der Waals surface area contributed by atoms with Crippen LogP contribution in [0.2, 0.25) is 0 Å². The van der Waals surface area contributed by atoms with E-state index >= 15 is 0 Å². The highest BCUT2D eigenvalue weighted by molar-refractivity contribution is 7.74. The maximum Gasteiger partial charge on any atom is -0.00665 e. The summed E-state index contributed by atoms with van der Waals surface area (Å²) < 4.78 is 0. The molecule has 5 aromatic carbocycles. The van der Waals surface area contributed by atoms with Gasteiger partial charge in [0.15, 0.2) is 0 Å². The van der Waals surface area contributed by atoms with Crippen molar-refractivity contribution in [3.8, 4) is 0 Å². The van der Waals surface area contributed by atoms with E-state index in [0.717, 1.165) is 6.16 Å². The van der Waals surface area contributed by atoms with Crippen molar-refractivity contribution >= 4 is 50.8 Å². The molecule has 0 radical (unpaired) electrons. The van der Waals surface area contributed by atoms with Crippen LogP contribution in [-0.2, 0) is 0 Å². The monoisotopic (exact) mass is 376 g/mol. The fourth-order valence-corrected chi connectivity index (χ4v) is 6.51. The van der Waals surface area contributed by atoms with Gasteiger partial charge in [-0.25, -0.2) is 0 Å². The first-order chi connectivity index (χ1) is 13.8. The molecule has 0 aliphatic rings. The highest BCUT2D eigenvalue weighted by atomic mass is 31.1. The zero-order chi connectivity index (χ0) is 18.9. The zero-order valence-corrected chi connectivity index (χ0v) is 16.6. The van der Waals surface area contributed by atoms with Crippen LogP contribution in [0.5, 0.6) is 0 Å². The summed E-state index contributed by atoms with van der Waals surface area (Å²) in [5.41, 5.74) is 0. The van der Waals surface area contributed by atoms with Gasteiger partial charge in [0.25, 0.3) is 0 Å². The topological polar surface area (TPSA) is 0 Å². The molecule has 0 N–H and O–H groups in total. The van der Waals surface area contributed by atoms with Gasteiger partial charge in [-0.1, -0.05) is 91.0 Å². The smallest absolute Gasteiger partial charge is 0.00665 e. The van der Waals surface area contributed by atoms with Gasteiger partial charge in [0, 0.05) is 0 Å². The normalized spacial score (nSPS) is 12.4. The third-order valence-electron chi connectivity index (χ3n) is 5.38. The van der Waals surface area contributed by atoms with Crippen molar-refractivity contribution < 1.29 is 0 Å². The van der Waals surface area contributed by atoms with Gasteiger partial charge in [-0.3, -0.25) is 0 Å². The van der Waals surface area contributed by atoms with Crippen LogP contribution in [0, 0.1) is 0 Å². The van der Waals surface area contributed by atoms with E-state index in [4.69, 9.17) is 0 Å². The Bertz CT molecular complexity index is 1310. The van der Waals surface area contributed by atoms with E-state index in [2.05, 4.69) is 110 Å². The van der Waals surface area contributed by atoms with Gasteiger partial charge in [0.05, 0.1) is 0 Å². The second-order valence-corrected chi connectivity index (χ2v) is 9.28. The summed E-state index contributed by atoms with van der Waals surface area (Å²) in [5, 5.41) is 10.8. The number of hydrogen-bond donors (Lipinski definition) is 0. The lowest BCUT2D eigenvalue weighted by molar-refractivity contribution is 1.74. The minimum Gasteiger partial charge on any atom is -0.103 e. The summed E-state index contributed by atoms with van der Waals surface area (Å²) >= 11 is 0. The average Bonchev–Trinajstić information content (AvgIpc) is 2.75. The van der Waals surface area contributed by atoms with Crippen molar-refractivity contribution in [2.24, 2.45) is 0 Å². The molecule has 0 heterocycles. The van der Waals surface area contributed by atoms with Crippen LogP contribution in [0.3, 0.4) is 0 Å². The van der Waals surface area contributed by atoms with Crippen LogP contribution in [-0.4, -0.2) is 6.16 Å². The Morgan fingerprint density at radius 2 is 1.14 bits per heavy atom. The number of fused-ring (bicyclic) bond motifs is 3. The van der Waals surface area contributed by atoms with E-state index in [-0.39, 0.29) is 0 Å². The first kappa shape index (κ1) is 17.2. The minimum absolute atomic E-state index is 0.524. The fourth-order valence-electron chi connectivity index (χ4n) is 4.08. The van der Waals surface area contributed by atoms with Crippen molar-refractivity contribution in [2.45, 2.75) is 0 Å². The third-order valence-corrected chi connectivity index (χ3v) is 7.95. The van der Waals surface area contributed by atoms with Crippen LogP contribution in [0.15, 0.2) is 110 Å². The molecule has 0 fully saturated rings. The summed E-state index contributed by atoms with van der Waals surface area (Å²) in [6, 6.07) is 35.5. The van der Waals surface area contributed by atoms with Gasteiger partial charge in [-0.05, 0) is 69.1 Å². The molecule has 0 bridgehead atoms. The Morgan fingerprint density at radius 1 is 0.571 bits per heavy atom. The van der Waals surface area contributed by atoms with Crippen molar-refractivity contribution in [2.75, 3.05) is 6.16 Å². The standard InChI is InChI=1S/C27H21P/c1-2-17-28(26-15-7-12-20-9-5-6-14-24(20)26)27-16-8-13-23-18-21-10-3-4-11-22(21)19-25(23)27/h2-16,18-19H,1,17H2. The Labute approximate surface area is 166 Å². The molecule has 28 heavy (non-hydrogen) atoms. The molecular formula is C27H21P. The molecule has 1 unspecified atom stereocenters. The van der Waals surface area contributed by atoms with Crippen molar-refractivity contribution in [3.05, 3.63) is 110 Å². The summed E-state index contributed by atoms with van der Waals surface area (Å²) in [7, 11) is -0.524. The lowest BCUT2D eigenvalue weighted by Crippen LogP contribution is -2.15. The maximum absolute atomic E-state index is 4.08. The number of benzene rings is 5. The molecule has 0 nitrogen and oxygen atoms in total. The van der Waals surface area contributed by atoms with Crippen LogP contribution in [0.4, 0.5) is 0 Å². The van der Waals surface area contributed by atoms with Gasteiger partial charge in [0.1, 0.15) is 0 Å². The largest absolute Gasteiger partial charge is 0.103 e. The Balaban J connectivity index is 1.79. The Hall–Kier alpha value is -2.95. The quantitative estimate of drug-likeness (QED) is 0.185. The summed E-state index contributed by atoms with van der Waals surface area (Å²) in [6.45, 7) is 4.08. The van der Waals surface area contributed by atoms with Gasteiger partial charge in [0.2, 0.25) is 0 Å². The highest BCUT2D eigenvalue weighted by Crippen LogP contribution is 2.39. The maximum atomic E-state index is 4.08. The molecule has 0 amide bonds. The molecule has 5 aromatic rings. The summed E-state index contributed by atoms with van der Waals surface area (Å²) in [4.78, 5) is 0. The molecule has 0 saturated carbocycles. The van der Waals surface area contributed by atoms with Crippen LogP contribution in [0.1, 0.15) is 0 Å². The van der Waals surface area contributed by atoms with Crippen molar-refractivity contribution in [3.63, 3.8) is 0 Å². The van der Waals surface area contributed by atoms with E-state index in [1.165, 1.54) is 42.9 Å². The van der Waals surface area contributed by atoms with Crippen molar-refractivity contribution in [1.82, 2.24) is 0 Å². The second-order valence-electron chi connectivity index (χ2n) is 7.10. The lowest BCUT2D eigenvalue weighted by atomic mass is 10.0. The first-order valence-corrected chi connectivity index (χ1v) is 11.2. The molecule has 0 aromatic heterocycles. The van der Waals surface area contributed by atoms with Crippen LogP contribution >= 0.6 is 7.92 Å². The van der Waals surface area contributed by atoms with E-state index in [0.29, 0.717) is 0 Å². The average molecular weight is 376 g/mol. The van der Waals surface area contributed by atoms with Gasteiger partial charge < -0.3 is 0 Å². The predicted molar refractivity (Wildman–Crippen MR) is 127 cm³/mol. The zero-order valence-electron chi connectivity index (χ0n) is 15.7. The van der Waals surface area contributed by atoms with Crippen LogP contribution in [0.25, 0.3) is 32.3 Å². The molecule has 0 aliphatic heterocycles. The molecule has 1 heteroatoms. The summed E-state index contributed by atoms with van der Waals surface area (Å²) in [6.07, 6.45) is 3.06. The molecule has 0 aliphatic carbocycles. The number of rotatable bonds is 4. The number of allylic oxidation sites excluding steroid dienone is 1. The second kappa shape index (κ2) is 7.23. The van der Waals surface area contributed by atoms with E-state index in [1.54, 1.807) is 0 Å². The van der Waals surface area contributed by atoms with E-state index in [1.807, 2.05) is 0 Å². The van der Waals surface area contributed by atoms with Crippen molar-refractivity contribution in [1.29, 1.82) is 0 Å². The number of hydrogen-bond acceptors (Lipinski definition) is 0. The molecule has 5 rings (SSSR count). The summed E-state index contributed by atoms with van der Waals surface area (Å²) in [5.74, 6) is 0. The minimum atomic E-state index is -0.524. The molecule has 134 valence electrons. The SMILES string of the molecule is C=CCP(c1cccc2ccccc12)c1cccc2cc3ccccc3cc12. The van der Waals surface area contributed by atoms with E-state index in [9.17, 15) is 0 Å². The van der Waals surface area contributed by atoms with Gasteiger partial charge in [-0.15, -0.1) is 6.58 Å². The van der Waals surface area contributed by atoms with E-state index < -0.39 is 7.92 Å². The van der Waals surface area contributed by atoms with Gasteiger partial charge >= 0.3 is 0 Å². The fraction of sp³-hybridized carbons (Fsp3) is 0.0370. The van der Waals surface area contributed by atoms with Crippen LogP contribution < -0.4 is 10.6 Å². The molecular weight excluding hydrogens is 355 g/mol. The van der Waals surface area contributed by atoms with Gasteiger partial charge in [-0.2, -0.15) is 0 Å². The first-order valence-electron chi connectivity index (χ1n) is 9.63. The highest BCUT2D eigenvalue weighted by Gasteiger charge is 2.17. The predicted octanol–water partition coefficient (Wildman–Crippen LogP) is 6.76. The Morgan fingerprint density at radius 3 is 1.89 bits per heavy atom. The molecule has 1 atom stereocenters. The third kappa shape index (κ3) is 2.91.